The number of pyridine rings is 1. The zero-order valence-corrected chi connectivity index (χ0v) is 14.0. The highest BCUT2D eigenvalue weighted by molar-refractivity contribution is 6.05. The fourth-order valence-electron chi connectivity index (χ4n) is 2.65. The third-order valence-electron chi connectivity index (χ3n) is 3.84. The number of H-pyrrole nitrogens is 1. The quantitative estimate of drug-likeness (QED) is 0.468. The highest BCUT2D eigenvalue weighted by Gasteiger charge is 2.21. The SMILES string of the molecule is Cl.[2H]COc1cc(-c2ncc(-c3cn[nH]c3)c3onc(N)c23)c(F)cc1N. The molecular weight excluding hydrogens is 363 g/mol. The van der Waals surface area contributed by atoms with Crippen LogP contribution in [0.2, 0.25) is 0 Å². The van der Waals surface area contributed by atoms with Crippen LogP contribution in [0.15, 0.2) is 35.2 Å². The van der Waals surface area contributed by atoms with E-state index >= 15 is 0 Å². The number of aromatic amines is 1. The van der Waals surface area contributed by atoms with Crippen molar-refractivity contribution in [3.05, 3.63) is 36.5 Å². The summed E-state index contributed by atoms with van der Waals surface area (Å²) in [7, 11) is -0.354. The van der Waals surface area contributed by atoms with E-state index in [9.17, 15) is 4.39 Å². The number of nitrogen functional groups attached to an aromatic ring is 2. The van der Waals surface area contributed by atoms with E-state index in [4.69, 9.17) is 22.1 Å². The predicted molar refractivity (Wildman–Crippen MR) is 97.4 cm³/mol. The molecule has 0 aliphatic carbocycles. The third kappa shape index (κ3) is 2.58. The topological polar surface area (TPSA) is 129 Å². The molecule has 10 heteroatoms. The standard InChI is InChI=1S/C16H13FN6O2.ClH/c1-24-12-2-8(10(17)3-11(12)18)14-13-15(25-23-16(13)19)9(6-20-14)7-4-21-22-5-7;/h2-6H,18H2,1H3,(H2,19,23)(H,21,22);1H/i1D;. The van der Waals surface area contributed by atoms with Gasteiger partial charge in [0, 0.05) is 35.2 Å². The third-order valence-corrected chi connectivity index (χ3v) is 3.84. The minimum Gasteiger partial charge on any atom is -0.495 e. The van der Waals surface area contributed by atoms with Gasteiger partial charge in [-0.25, -0.2) is 4.39 Å². The highest BCUT2D eigenvalue weighted by atomic mass is 35.5. The van der Waals surface area contributed by atoms with E-state index in [1.165, 1.54) is 12.3 Å². The summed E-state index contributed by atoms with van der Waals surface area (Å²) < 4.78 is 32.2. The molecule has 0 bridgehead atoms. The van der Waals surface area contributed by atoms with Crippen molar-refractivity contribution in [3.63, 3.8) is 0 Å². The fourth-order valence-corrected chi connectivity index (χ4v) is 2.65. The van der Waals surface area contributed by atoms with Crippen molar-refractivity contribution in [1.29, 1.82) is 0 Å². The van der Waals surface area contributed by atoms with Crippen molar-refractivity contribution in [2.45, 2.75) is 0 Å². The van der Waals surface area contributed by atoms with Crippen LogP contribution in [0, 0.1) is 5.82 Å². The molecule has 5 N–H and O–H groups in total. The normalized spacial score (nSPS) is 11.2. The lowest BCUT2D eigenvalue weighted by Gasteiger charge is -2.10. The molecule has 3 aromatic heterocycles. The lowest BCUT2D eigenvalue weighted by atomic mass is 10.0. The van der Waals surface area contributed by atoms with Gasteiger partial charge >= 0.3 is 0 Å². The Kier molecular flexibility index (Phi) is 4.05. The van der Waals surface area contributed by atoms with Gasteiger partial charge < -0.3 is 20.7 Å². The smallest absolute Gasteiger partial charge is 0.180 e. The van der Waals surface area contributed by atoms with Crippen LogP contribution in [-0.2, 0) is 0 Å². The van der Waals surface area contributed by atoms with Crippen LogP contribution in [0.1, 0.15) is 1.37 Å². The second-order valence-corrected chi connectivity index (χ2v) is 5.29. The number of benzene rings is 1. The zero-order chi connectivity index (χ0) is 18.3. The van der Waals surface area contributed by atoms with E-state index in [2.05, 4.69) is 20.3 Å². The second kappa shape index (κ2) is 6.52. The summed E-state index contributed by atoms with van der Waals surface area (Å²) in [4.78, 5) is 4.35. The van der Waals surface area contributed by atoms with E-state index in [1.54, 1.807) is 12.4 Å². The number of aromatic nitrogens is 4. The summed E-state index contributed by atoms with van der Waals surface area (Å²) in [5.41, 5.74) is 13.8. The van der Waals surface area contributed by atoms with Crippen LogP contribution in [0.25, 0.3) is 33.4 Å². The van der Waals surface area contributed by atoms with Gasteiger partial charge in [-0.1, -0.05) is 5.16 Å². The van der Waals surface area contributed by atoms with E-state index in [-0.39, 0.29) is 48.0 Å². The van der Waals surface area contributed by atoms with E-state index < -0.39 is 5.82 Å². The van der Waals surface area contributed by atoms with Crippen LogP contribution in [-0.4, -0.2) is 27.4 Å². The minimum atomic E-state index is -0.606. The van der Waals surface area contributed by atoms with Crippen molar-refractivity contribution in [2.75, 3.05) is 18.6 Å². The van der Waals surface area contributed by atoms with Gasteiger partial charge in [-0.05, 0) is 6.07 Å². The van der Waals surface area contributed by atoms with Crippen LogP contribution >= 0.6 is 12.4 Å². The predicted octanol–water partition coefficient (Wildman–Crippen LogP) is 3.01. The lowest BCUT2D eigenvalue weighted by Crippen LogP contribution is -1.98. The van der Waals surface area contributed by atoms with Crippen LogP contribution in [0.5, 0.6) is 5.75 Å². The molecule has 3 heterocycles. The number of ether oxygens (including phenoxy) is 1. The zero-order valence-electron chi connectivity index (χ0n) is 14.2. The summed E-state index contributed by atoms with van der Waals surface area (Å²) in [6, 6.07) is 2.49. The number of hydrogen-bond acceptors (Lipinski definition) is 7. The number of rotatable bonds is 3. The van der Waals surface area contributed by atoms with Gasteiger partial charge in [-0.15, -0.1) is 12.4 Å². The Bertz CT molecular complexity index is 1100. The Morgan fingerprint density at radius 3 is 2.85 bits per heavy atom. The van der Waals surface area contributed by atoms with Crippen LogP contribution in [0.4, 0.5) is 15.9 Å². The van der Waals surface area contributed by atoms with Gasteiger partial charge in [0.15, 0.2) is 11.4 Å². The molecule has 0 saturated heterocycles. The van der Waals surface area contributed by atoms with Crippen molar-refractivity contribution in [2.24, 2.45) is 0 Å². The van der Waals surface area contributed by atoms with E-state index in [0.29, 0.717) is 16.5 Å². The number of halogens is 2. The Morgan fingerprint density at radius 2 is 2.12 bits per heavy atom. The highest BCUT2D eigenvalue weighted by Crippen LogP contribution is 2.39. The molecule has 0 atom stereocenters. The minimum absolute atomic E-state index is 0. The number of anilines is 2. The average Bonchev–Trinajstić information content (AvgIpc) is 3.28. The molecule has 0 spiro atoms. The van der Waals surface area contributed by atoms with Crippen molar-refractivity contribution in [3.8, 4) is 28.1 Å². The van der Waals surface area contributed by atoms with Gasteiger partial charge in [0.1, 0.15) is 11.6 Å². The Hall–Kier alpha value is -3.33. The number of nitrogens with two attached hydrogens (primary N) is 2. The van der Waals surface area contributed by atoms with Crippen molar-refractivity contribution < 1.29 is 15.0 Å². The molecule has 0 radical (unpaired) electrons. The molecule has 26 heavy (non-hydrogen) atoms. The Labute approximate surface area is 154 Å². The van der Waals surface area contributed by atoms with E-state index in [1.807, 2.05) is 0 Å². The summed E-state index contributed by atoms with van der Waals surface area (Å²) in [5.74, 6) is -0.349. The molecule has 0 saturated carbocycles. The van der Waals surface area contributed by atoms with Crippen molar-refractivity contribution >= 4 is 34.9 Å². The first-order valence-corrected chi connectivity index (χ1v) is 7.14. The molecule has 0 aliphatic heterocycles. The number of nitrogens with zero attached hydrogens (tertiary/aromatic N) is 3. The molecule has 1 aromatic carbocycles. The Balaban J connectivity index is 0.00000210. The van der Waals surface area contributed by atoms with Gasteiger partial charge in [-0.2, -0.15) is 5.10 Å². The molecule has 4 aromatic rings. The molecule has 134 valence electrons. The summed E-state index contributed by atoms with van der Waals surface area (Å²) >= 11 is 0. The fraction of sp³-hybridized carbons (Fsp3) is 0.0625. The maximum Gasteiger partial charge on any atom is 0.180 e. The van der Waals surface area contributed by atoms with Gasteiger partial charge in [0.05, 0.1) is 31.4 Å². The number of hydrogen-bond donors (Lipinski definition) is 3. The first-order valence-electron chi connectivity index (χ1n) is 7.85. The molecule has 0 aliphatic rings. The van der Waals surface area contributed by atoms with Gasteiger partial charge in [-0.3, -0.25) is 10.1 Å². The summed E-state index contributed by atoms with van der Waals surface area (Å²) in [5, 5.41) is 10.7. The number of nitrogens with one attached hydrogen (secondary N) is 1. The van der Waals surface area contributed by atoms with E-state index in [0.717, 1.165) is 11.6 Å². The number of fused-ring (bicyclic) bond motifs is 1. The summed E-state index contributed by atoms with van der Waals surface area (Å²) in [6.07, 6.45) is 4.78. The Morgan fingerprint density at radius 1 is 1.27 bits per heavy atom. The molecule has 4 rings (SSSR count). The average molecular weight is 378 g/mol. The largest absolute Gasteiger partial charge is 0.495 e. The molecule has 8 nitrogen and oxygen atoms in total. The van der Waals surface area contributed by atoms with Crippen LogP contribution < -0.4 is 16.2 Å². The number of methoxy groups -OCH3 is 1. The molecule has 0 unspecified atom stereocenters. The monoisotopic (exact) mass is 377 g/mol. The van der Waals surface area contributed by atoms with Crippen molar-refractivity contribution in [1.82, 2.24) is 20.3 Å². The first kappa shape index (κ1) is 16.2. The maximum absolute atomic E-state index is 14.6. The lowest BCUT2D eigenvalue weighted by molar-refractivity contribution is 0.416. The second-order valence-electron chi connectivity index (χ2n) is 5.29. The maximum atomic E-state index is 14.6. The summed E-state index contributed by atoms with van der Waals surface area (Å²) in [6.45, 7) is 0. The molecular formula is C16H14ClFN6O2. The molecule has 0 amide bonds. The molecule has 0 fully saturated rings. The van der Waals surface area contributed by atoms with Gasteiger partial charge in [0.2, 0.25) is 0 Å². The van der Waals surface area contributed by atoms with Gasteiger partial charge in [0.25, 0.3) is 0 Å². The van der Waals surface area contributed by atoms with Crippen LogP contribution in [0.3, 0.4) is 0 Å². The first-order chi connectivity index (χ1) is 12.6.